The maximum absolute atomic E-state index is 11.9. The highest BCUT2D eigenvalue weighted by molar-refractivity contribution is 7.80. The van der Waals surface area contributed by atoms with Crippen molar-refractivity contribution in [3.63, 3.8) is 0 Å². The quantitative estimate of drug-likeness (QED) is 0.0703. The molecule has 0 aromatic carbocycles. The summed E-state index contributed by atoms with van der Waals surface area (Å²) >= 11 is 4.19. The summed E-state index contributed by atoms with van der Waals surface area (Å²) in [5.41, 5.74) is 0. The van der Waals surface area contributed by atoms with Crippen molar-refractivity contribution in [1.82, 2.24) is 26.2 Å². The number of hydrogen-bond donors (Lipinski definition) is 6. The van der Waals surface area contributed by atoms with Gasteiger partial charge in [0, 0.05) is 13.0 Å². The van der Waals surface area contributed by atoms with Crippen molar-refractivity contribution in [2.24, 2.45) is 0 Å². The highest BCUT2D eigenvalue weighted by Crippen LogP contribution is 2.13. The van der Waals surface area contributed by atoms with Crippen LogP contribution in [0.5, 0.6) is 0 Å². The lowest BCUT2D eigenvalue weighted by Crippen LogP contribution is -2.48. The van der Waals surface area contributed by atoms with E-state index in [1.807, 2.05) is 0 Å². The van der Waals surface area contributed by atoms with Gasteiger partial charge in [-0.3, -0.25) is 19.2 Å². The summed E-state index contributed by atoms with van der Waals surface area (Å²) in [6.45, 7) is -0.830. The van der Waals surface area contributed by atoms with Crippen LogP contribution in [-0.2, 0) is 33.4 Å². The van der Waals surface area contributed by atoms with Gasteiger partial charge in [-0.1, -0.05) is 38.5 Å². The molecule has 6 amide bonds. The van der Waals surface area contributed by atoms with E-state index in [2.05, 4.69) is 43.4 Å². The van der Waals surface area contributed by atoms with Gasteiger partial charge in [0.25, 0.3) is 0 Å². The first kappa shape index (κ1) is 39.4. The fraction of sp³-hybridized carbons (Fsp3) is 0.741. The molecular formula is C27H47N5O10S. The number of rotatable bonds is 23. The predicted molar refractivity (Wildman–Crippen MR) is 159 cm³/mol. The van der Waals surface area contributed by atoms with Crippen LogP contribution >= 0.6 is 12.6 Å². The molecule has 0 aliphatic rings. The Hall–Kier alpha value is -3.56. The fourth-order valence-electron chi connectivity index (χ4n) is 3.85. The second kappa shape index (κ2) is 25.0. The van der Waals surface area contributed by atoms with Crippen LogP contribution in [0, 0.1) is 0 Å². The minimum Gasteiger partial charge on any atom is -0.480 e. The van der Waals surface area contributed by atoms with Crippen LogP contribution in [-0.4, -0.2) is 104 Å². The van der Waals surface area contributed by atoms with Crippen LogP contribution in [0.3, 0.4) is 0 Å². The summed E-state index contributed by atoms with van der Waals surface area (Å²) in [5.74, 6) is -2.38. The Morgan fingerprint density at radius 2 is 1.07 bits per heavy atom. The molecule has 0 aromatic heterocycles. The summed E-state index contributed by atoms with van der Waals surface area (Å²) in [7, 11) is 2.00. The third kappa shape index (κ3) is 20.1. The number of imide groups is 1. The van der Waals surface area contributed by atoms with Gasteiger partial charge in [0.15, 0.2) is 0 Å². The van der Waals surface area contributed by atoms with Crippen molar-refractivity contribution in [2.75, 3.05) is 46.2 Å². The number of carboxylic acids is 1. The van der Waals surface area contributed by atoms with Gasteiger partial charge in [-0.2, -0.15) is 17.5 Å². The molecule has 0 spiro atoms. The van der Waals surface area contributed by atoms with Crippen molar-refractivity contribution in [2.45, 2.75) is 83.1 Å². The zero-order chi connectivity index (χ0) is 32.5. The number of thiol groups is 1. The molecule has 0 saturated heterocycles. The molecule has 0 radical (unpaired) electrons. The number of nitrogens with zero attached hydrogens (tertiary/aromatic N) is 1. The lowest BCUT2D eigenvalue weighted by molar-refractivity contribution is -0.142. The van der Waals surface area contributed by atoms with E-state index in [-0.39, 0.29) is 44.9 Å². The van der Waals surface area contributed by atoms with Crippen molar-refractivity contribution in [1.29, 1.82) is 0 Å². The fourth-order valence-corrected chi connectivity index (χ4v) is 4.07. The number of methoxy groups -OCH3 is 2. The molecule has 1 atom stereocenters. The molecule has 0 unspecified atom stereocenters. The third-order valence-electron chi connectivity index (χ3n) is 6.22. The van der Waals surface area contributed by atoms with Crippen molar-refractivity contribution < 1.29 is 48.1 Å². The minimum absolute atomic E-state index is 0.107. The van der Waals surface area contributed by atoms with Crippen LogP contribution < -0.4 is 21.3 Å². The number of aliphatic carboxylic acids is 1. The second-order valence-corrected chi connectivity index (χ2v) is 10.1. The molecule has 0 aliphatic carbocycles. The van der Waals surface area contributed by atoms with Gasteiger partial charge in [0.2, 0.25) is 23.6 Å². The molecule has 0 bridgehead atoms. The largest absolute Gasteiger partial charge is 0.480 e. The summed E-state index contributed by atoms with van der Waals surface area (Å²) in [4.78, 5) is 83.1. The Kier molecular flexibility index (Phi) is 22.9. The maximum atomic E-state index is 11.9. The van der Waals surface area contributed by atoms with Gasteiger partial charge >= 0.3 is 18.2 Å². The number of unbranched alkanes of at least 4 members (excludes halogenated alkanes) is 8. The Bertz CT molecular complexity index is 889. The van der Waals surface area contributed by atoms with Crippen LogP contribution in [0.4, 0.5) is 9.59 Å². The zero-order valence-electron chi connectivity index (χ0n) is 25.1. The van der Waals surface area contributed by atoms with E-state index < -0.39 is 41.9 Å². The number of amides is 6. The Balaban J connectivity index is 4.03. The highest BCUT2D eigenvalue weighted by Gasteiger charge is 2.36. The molecule has 0 rings (SSSR count). The predicted octanol–water partition coefficient (Wildman–Crippen LogP) is 1.35. The number of carbonyl (C=O) groups excluding carboxylic acids is 6. The Morgan fingerprint density at radius 3 is 1.53 bits per heavy atom. The standard InChI is InChI=1S/C27H47N5O10S/c1-41-26(39)32(27(40)42-2)20(25(37)38)13-10-11-15-28-22(34)17-30-24(36)19-31-23(35)18-29-21(33)14-9-7-5-3-4-6-8-12-16-43/h20,43H,3-19H2,1-2H3,(H,28,34)(H,29,33)(H,30,36)(H,31,35)(H,37,38)/t20-/m0/s1. The first-order valence-electron chi connectivity index (χ1n) is 14.4. The Labute approximate surface area is 257 Å². The number of carboxylic acid groups (broad SMARTS) is 1. The van der Waals surface area contributed by atoms with Crippen LogP contribution in [0.15, 0.2) is 0 Å². The van der Waals surface area contributed by atoms with E-state index in [4.69, 9.17) is 0 Å². The summed E-state index contributed by atoms with van der Waals surface area (Å²) in [6, 6.07) is -1.52. The zero-order valence-corrected chi connectivity index (χ0v) is 26.0. The summed E-state index contributed by atoms with van der Waals surface area (Å²) in [6.07, 6.45) is 7.10. The summed E-state index contributed by atoms with van der Waals surface area (Å²) < 4.78 is 8.89. The Morgan fingerprint density at radius 1 is 0.628 bits per heavy atom. The monoisotopic (exact) mass is 633 g/mol. The van der Waals surface area contributed by atoms with Crippen LogP contribution in [0.25, 0.3) is 0 Å². The molecule has 0 heterocycles. The van der Waals surface area contributed by atoms with Crippen molar-refractivity contribution in [3.05, 3.63) is 0 Å². The van der Waals surface area contributed by atoms with E-state index in [0.29, 0.717) is 17.7 Å². The normalized spacial score (nSPS) is 11.0. The lowest BCUT2D eigenvalue weighted by Gasteiger charge is -2.24. The number of hydrogen-bond acceptors (Lipinski definition) is 10. The van der Waals surface area contributed by atoms with E-state index >= 15 is 0 Å². The van der Waals surface area contributed by atoms with Crippen LogP contribution in [0.2, 0.25) is 0 Å². The van der Waals surface area contributed by atoms with Gasteiger partial charge in [-0.15, -0.1) is 0 Å². The first-order chi connectivity index (χ1) is 20.6. The van der Waals surface area contributed by atoms with Gasteiger partial charge in [0.1, 0.15) is 6.04 Å². The van der Waals surface area contributed by atoms with E-state index in [1.54, 1.807) is 0 Å². The van der Waals surface area contributed by atoms with Crippen LogP contribution in [0.1, 0.15) is 77.0 Å². The molecule has 16 heteroatoms. The van der Waals surface area contributed by atoms with Gasteiger partial charge in [0.05, 0.1) is 33.9 Å². The lowest BCUT2D eigenvalue weighted by atomic mass is 10.1. The molecule has 5 N–H and O–H groups in total. The van der Waals surface area contributed by atoms with E-state index in [1.165, 1.54) is 19.3 Å². The van der Waals surface area contributed by atoms with Gasteiger partial charge in [-0.25, -0.2) is 14.4 Å². The summed E-state index contributed by atoms with van der Waals surface area (Å²) in [5, 5.41) is 19.2. The van der Waals surface area contributed by atoms with Gasteiger partial charge in [-0.05, 0) is 37.9 Å². The average Bonchev–Trinajstić information content (AvgIpc) is 2.99. The highest BCUT2D eigenvalue weighted by atomic mass is 32.1. The first-order valence-corrected chi connectivity index (χ1v) is 15.1. The second-order valence-electron chi connectivity index (χ2n) is 9.64. The van der Waals surface area contributed by atoms with E-state index in [9.17, 15) is 38.7 Å². The molecule has 0 fully saturated rings. The molecule has 246 valence electrons. The minimum atomic E-state index is -1.52. The van der Waals surface area contributed by atoms with Crippen molar-refractivity contribution >= 4 is 54.4 Å². The third-order valence-corrected chi connectivity index (χ3v) is 6.53. The topological polar surface area (TPSA) is 210 Å². The molecule has 43 heavy (non-hydrogen) atoms. The van der Waals surface area contributed by atoms with Crippen molar-refractivity contribution in [3.8, 4) is 0 Å². The van der Waals surface area contributed by atoms with Gasteiger partial charge < -0.3 is 35.8 Å². The molecule has 0 aliphatic heterocycles. The average molecular weight is 634 g/mol. The number of ether oxygens (including phenoxy) is 2. The molecular weight excluding hydrogens is 586 g/mol. The maximum Gasteiger partial charge on any atom is 0.419 e. The molecule has 0 aromatic rings. The smallest absolute Gasteiger partial charge is 0.419 e. The molecule has 15 nitrogen and oxygen atoms in total. The number of carbonyl (C=O) groups is 7. The molecule has 0 saturated carbocycles. The SMILES string of the molecule is COC(=O)N(C(=O)OC)[C@@H](CCCCNC(=O)CNC(=O)CNC(=O)CNC(=O)CCCCCCCCCCS)C(=O)O. The number of nitrogens with one attached hydrogen (secondary N) is 4. The van der Waals surface area contributed by atoms with E-state index in [0.717, 1.165) is 52.1 Å².